The Bertz CT molecular complexity index is 1090. The average Bonchev–Trinajstić information content (AvgIpc) is 3.21. The number of ether oxygens (including phenoxy) is 2. The van der Waals surface area contributed by atoms with Gasteiger partial charge in [0.05, 0.1) is 13.2 Å². The fraction of sp³-hybridized carbons (Fsp3) is 0.792. The van der Waals surface area contributed by atoms with Gasteiger partial charge in [-0.05, 0) is 70.6 Å². The first-order valence-electron chi connectivity index (χ1n) is 23.6. The summed E-state index contributed by atoms with van der Waals surface area (Å²) in [5.74, 6) is -0.845. The molecule has 0 aliphatic carbocycles. The van der Waals surface area contributed by atoms with Gasteiger partial charge in [0.1, 0.15) is 6.61 Å². The summed E-state index contributed by atoms with van der Waals surface area (Å²) in [4.78, 5) is 34.9. The average molecular weight is 838 g/mol. The van der Waals surface area contributed by atoms with Crippen LogP contribution in [0.4, 0.5) is 0 Å². The van der Waals surface area contributed by atoms with Crippen molar-refractivity contribution in [2.45, 2.75) is 219 Å². The van der Waals surface area contributed by atoms with Crippen molar-refractivity contribution in [2.24, 2.45) is 5.73 Å². The Kier molecular flexibility index (Phi) is 43.0. The molecule has 0 fully saturated rings. The molecule has 0 aliphatic heterocycles. The van der Waals surface area contributed by atoms with Crippen molar-refractivity contribution in [1.29, 1.82) is 0 Å². The highest BCUT2D eigenvalue weighted by molar-refractivity contribution is 7.47. The van der Waals surface area contributed by atoms with Crippen molar-refractivity contribution in [2.75, 3.05) is 26.4 Å². The topological polar surface area (TPSA) is 134 Å². The van der Waals surface area contributed by atoms with Crippen LogP contribution in [-0.4, -0.2) is 49.3 Å². The molecule has 0 aromatic carbocycles. The summed E-state index contributed by atoms with van der Waals surface area (Å²) >= 11 is 0. The molecule has 58 heavy (non-hydrogen) atoms. The molecule has 0 rings (SSSR count). The monoisotopic (exact) mass is 838 g/mol. The smallest absolute Gasteiger partial charge is 0.462 e. The number of rotatable bonds is 44. The van der Waals surface area contributed by atoms with E-state index in [1.54, 1.807) is 0 Å². The highest BCUT2D eigenvalue weighted by atomic mass is 31.2. The number of nitrogens with two attached hydrogens (primary N) is 1. The minimum absolute atomic E-state index is 0.0500. The third-order valence-corrected chi connectivity index (χ3v) is 10.9. The van der Waals surface area contributed by atoms with E-state index in [1.807, 2.05) is 0 Å². The fourth-order valence-electron chi connectivity index (χ4n) is 6.39. The molecule has 2 unspecified atom stereocenters. The lowest BCUT2D eigenvalue weighted by Gasteiger charge is -2.19. The lowest BCUT2D eigenvalue weighted by atomic mass is 10.0. The SMILES string of the molecule is CCCC/C=C\C/C=C\CCCCCCCC(=O)OCC(COP(=O)(O)OCCN)OC(=O)CCCCCCCCCCCCC/C=C\C/C=C\CCCCCCC. The van der Waals surface area contributed by atoms with E-state index in [0.717, 1.165) is 70.6 Å². The van der Waals surface area contributed by atoms with Gasteiger partial charge in [0, 0.05) is 19.4 Å². The maximum atomic E-state index is 12.6. The van der Waals surface area contributed by atoms with Gasteiger partial charge < -0.3 is 20.1 Å². The molecule has 0 aromatic heterocycles. The Balaban J connectivity index is 4.08. The molecule has 0 saturated heterocycles. The van der Waals surface area contributed by atoms with Crippen LogP contribution in [0.25, 0.3) is 0 Å². The van der Waals surface area contributed by atoms with E-state index in [-0.39, 0.29) is 32.6 Å². The van der Waals surface area contributed by atoms with Crippen LogP contribution in [0.2, 0.25) is 0 Å². The predicted molar refractivity (Wildman–Crippen MR) is 243 cm³/mol. The van der Waals surface area contributed by atoms with Gasteiger partial charge in [-0.3, -0.25) is 18.6 Å². The molecule has 0 aromatic rings. The summed E-state index contributed by atoms with van der Waals surface area (Å²) in [6, 6.07) is 0. The van der Waals surface area contributed by atoms with Gasteiger partial charge in [-0.2, -0.15) is 0 Å². The number of hydrogen-bond donors (Lipinski definition) is 2. The zero-order valence-corrected chi connectivity index (χ0v) is 38.2. The first-order valence-corrected chi connectivity index (χ1v) is 25.1. The minimum Gasteiger partial charge on any atom is -0.462 e. The molecule has 10 heteroatoms. The van der Waals surface area contributed by atoms with Gasteiger partial charge in [0.15, 0.2) is 6.10 Å². The Morgan fingerprint density at radius 2 is 0.914 bits per heavy atom. The third-order valence-electron chi connectivity index (χ3n) is 9.94. The Morgan fingerprint density at radius 1 is 0.517 bits per heavy atom. The number of esters is 2. The summed E-state index contributed by atoms with van der Waals surface area (Å²) in [6.45, 7) is 3.67. The van der Waals surface area contributed by atoms with Crippen LogP contribution in [0, 0.1) is 0 Å². The molecule has 0 spiro atoms. The highest BCUT2D eigenvalue weighted by Gasteiger charge is 2.26. The summed E-state index contributed by atoms with van der Waals surface area (Å²) in [7, 11) is -4.38. The number of hydrogen-bond acceptors (Lipinski definition) is 8. The molecule has 0 aliphatic rings. The number of phosphoric ester groups is 1. The number of phosphoric acid groups is 1. The van der Waals surface area contributed by atoms with E-state index in [2.05, 4.69) is 62.5 Å². The number of carbonyl (C=O) groups is 2. The zero-order chi connectivity index (χ0) is 42.5. The van der Waals surface area contributed by atoms with E-state index < -0.39 is 32.5 Å². The van der Waals surface area contributed by atoms with Crippen molar-refractivity contribution < 1.29 is 37.6 Å². The van der Waals surface area contributed by atoms with Crippen molar-refractivity contribution in [3.8, 4) is 0 Å². The van der Waals surface area contributed by atoms with Gasteiger partial charge in [-0.25, -0.2) is 4.57 Å². The highest BCUT2D eigenvalue weighted by Crippen LogP contribution is 2.43. The van der Waals surface area contributed by atoms with Crippen LogP contribution in [0.15, 0.2) is 48.6 Å². The van der Waals surface area contributed by atoms with Crippen molar-refractivity contribution >= 4 is 19.8 Å². The maximum Gasteiger partial charge on any atom is 0.472 e. The molecule has 0 heterocycles. The normalized spacial score (nSPS) is 13.7. The molecule has 9 nitrogen and oxygen atoms in total. The first kappa shape index (κ1) is 56.0. The molecule has 0 bridgehead atoms. The second kappa shape index (κ2) is 44.5. The van der Waals surface area contributed by atoms with Crippen LogP contribution in [-0.2, 0) is 32.7 Å². The molecular weight excluding hydrogens is 750 g/mol. The van der Waals surface area contributed by atoms with Gasteiger partial charge in [0.25, 0.3) is 0 Å². The minimum atomic E-state index is -4.38. The lowest BCUT2D eigenvalue weighted by molar-refractivity contribution is -0.161. The molecule has 338 valence electrons. The first-order chi connectivity index (χ1) is 28.3. The maximum absolute atomic E-state index is 12.6. The van der Waals surface area contributed by atoms with Gasteiger partial charge in [-0.15, -0.1) is 0 Å². The Morgan fingerprint density at radius 3 is 1.36 bits per heavy atom. The van der Waals surface area contributed by atoms with Crippen LogP contribution in [0.3, 0.4) is 0 Å². The second-order valence-corrected chi connectivity index (χ2v) is 17.1. The van der Waals surface area contributed by atoms with Crippen molar-refractivity contribution in [1.82, 2.24) is 0 Å². The van der Waals surface area contributed by atoms with E-state index in [0.29, 0.717) is 12.8 Å². The molecule has 3 N–H and O–H groups in total. The summed E-state index contributed by atoms with van der Waals surface area (Å²) < 4.78 is 32.8. The van der Waals surface area contributed by atoms with Gasteiger partial charge in [0.2, 0.25) is 0 Å². The molecule has 0 amide bonds. The Hall–Kier alpha value is -2.03. The molecule has 2 atom stereocenters. The summed E-state index contributed by atoms with van der Waals surface area (Å²) in [6.07, 6.45) is 51.4. The van der Waals surface area contributed by atoms with Gasteiger partial charge in [-0.1, -0.05) is 178 Å². The summed E-state index contributed by atoms with van der Waals surface area (Å²) in [5, 5.41) is 0. The largest absolute Gasteiger partial charge is 0.472 e. The van der Waals surface area contributed by atoms with Crippen LogP contribution in [0.5, 0.6) is 0 Å². The number of allylic oxidation sites excluding steroid dienone is 8. The zero-order valence-electron chi connectivity index (χ0n) is 37.3. The van der Waals surface area contributed by atoms with E-state index in [9.17, 15) is 19.0 Å². The van der Waals surface area contributed by atoms with E-state index in [4.69, 9.17) is 24.3 Å². The van der Waals surface area contributed by atoms with Crippen LogP contribution in [0.1, 0.15) is 213 Å². The Labute approximate surface area is 356 Å². The molecule has 0 radical (unpaired) electrons. The number of unbranched alkanes of at least 4 members (excludes halogenated alkanes) is 23. The lowest BCUT2D eigenvalue weighted by Crippen LogP contribution is -2.29. The fourth-order valence-corrected chi connectivity index (χ4v) is 7.15. The van der Waals surface area contributed by atoms with Crippen LogP contribution < -0.4 is 5.73 Å². The second-order valence-electron chi connectivity index (χ2n) is 15.6. The quantitative estimate of drug-likeness (QED) is 0.0266. The van der Waals surface area contributed by atoms with Crippen molar-refractivity contribution in [3.05, 3.63) is 48.6 Å². The molecule has 0 saturated carbocycles. The number of carbonyl (C=O) groups excluding carboxylic acids is 2. The van der Waals surface area contributed by atoms with Crippen LogP contribution >= 0.6 is 7.82 Å². The van der Waals surface area contributed by atoms with E-state index >= 15 is 0 Å². The molecular formula is C48H88NO8P. The van der Waals surface area contributed by atoms with Gasteiger partial charge >= 0.3 is 19.8 Å². The summed E-state index contributed by atoms with van der Waals surface area (Å²) in [5.41, 5.74) is 5.35. The van der Waals surface area contributed by atoms with E-state index in [1.165, 1.54) is 103 Å². The standard InChI is InChI=1S/C48H88NO8P/c1-3-5-7-9-11-13-15-17-19-20-21-22-23-24-25-26-27-29-31-33-35-37-39-41-48(51)57-46(45-56-58(52,53)55-43-42-49)44-54-47(50)40-38-36-34-32-30-28-18-16-14-12-10-8-6-4-2/h10,12,15-18,20-21,46H,3-9,11,13-14,19,22-45,49H2,1-2H3,(H,52,53)/b12-10-,17-15-,18-16-,21-20-. The predicted octanol–water partition coefficient (Wildman–Crippen LogP) is 13.9. The third kappa shape index (κ3) is 43.5. The van der Waals surface area contributed by atoms with Crippen molar-refractivity contribution in [3.63, 3.8) is 0 Å².